The van der Waals surface area contributed by atoms with Crippen LogP contribution in [0.5, 0.6) is 0 Å². The van der Waals surface area contributed by atoms with Crippen LogP contribution in [0.4, 0.5) is 4.79 Å². The van der Waals surface area contributed by atoms with Crippen LogP contribution in [-0.2, 0) is 11.3 Å². The van der Waals surface area contributed by atoms with Gasteiger partial charge in [0.2, 0.25) is 5.91 Å². The van der Waals surface area contributed by atoms with Gasteiger partial charge in [0.05, 0.1) is 5.56 Å². The number of urea groups is 1. The molecule has 7 nitrogen and oxygen atoms in total. The predicted molar refractivity (Wildman–Crippen MR) is 100 cm³/mol. The van der Waals surface area contributed by atoms with Crippen molar-refractivity contribution in [3.8, 4) is 0 Å². The number of amides is 3. The third-order valence-corrected chi connectivity index (χ3v) is 5.48. The Balaban J connectivity index is 1.42. The summed E-state index contributed by atoms with van der Waals surface area (Å²) in [4.78, 5) is 39.4. The Morgan fingerprint density at radius 2 is 1.52 bits per heavy atom. The van der Waals surface area contributed by atoms with Crippen LogP contribution in [0.2, 0.25) is 0 Å². The van der Waals surface area contributed by atoms with Crippen LogP contribution >= 0.6 is 0 Å². The number of carbonyl (C=O) groups is 3. The van der Waals surface area contributed by atoms with E-state index in [9.17, 15) is 14.4 Å². The summed E-state index contributed by atoms with van der Waals surface area (Å²) in [5.41, 5.74) is 1.07. The lowest BCUT2D eigenvalue weighted by atomic mass is 9.88. The lowest BCUT2D eigenvalue weighted by Crippen LogP contribution is -2.54. The Labute approximate surface area is 159 Å². The molecule has 1 saturated carbocycles. The maximum absolute atomic E-state index is 12.6. The SMILES string of the molecule is O=C(O)c1ccc(CNC(=O)N2CCN(C(=O)C3CCCCC3)CC2)cc1. The molecular formula is C20H27N3O4. The second kappa shape index (κ2) is 8.88. The van der Waals surface area contributed by atoms with Gasteiger partial charge in [-0.15, -0.1) is 0 Å². The minimum Gasteiger partial charge on any atom is -0.478 e. The zero-order valence-electron chi connectivity index (χ0n) is 15.5. The molecule has 0 unspecified atom stereocenters. The van der Waals surface area contributed by atoms with Crippen LogP contribution in [0.3, 0.4) is 0 Å². The molecule has 0 radical (unpaired) electrons. The van der Waals surface area contributed by atoms with Gasteiger partial charge >= 0.3 is 12.0 Å². The average Bonchev–Trinajstić information content (AvgIpc) is 2.72. The summed E-state index contributed by atoms with van der Waals surface area (Å²) < 4.78 is 0. The topological polar surface area (TPSA) is 89.9 Å². The number of carboxylic acids is 1. The average molecular weight is 373 g/mol. The van der Waals surface area contributed by atoms with Gasteiger partial charge in [-0.25, -0.2) is 9.59 Å². The van der Waals surface area contributed by atoms with Crippen molar-refractivity contribution in [1.82, 2.24) is 15.1 Å². The first-order chi connectivity index (χ1) is 13.0. The monoisotopic (exact) mass is 373 g/mol. The second-order valence-electron chi connectivity index (χ2n) is 7.31. The molecule has 1 aliphatic carbocycles. The van der Waals surface area contributed by atoms with E-state index < -0.39 is 5.97 Å². The molecule has 0 aromatic heterocycles. The third kappa shape index (κ3) is 4.99. The lowest BCUT2D eigenvalue weighted by Gasteiger charge is -2.37. The Bertz CT molecular complexity index is 675. The predicted octanol–water partition coefficient (Wildman–Crippen LogP) is 2.32. The van der Waals surface area contributed by atoms with Gasteiger partial charge in [-0.1, -0.05) is 31.4 Å². The zero-order chi connectivity index (χ0) is 19.2. The van der Waals surface area contributed by atoms with E-state index in [4.69, 9.17) is 5.11 Å². The van der Waals surface area contributed by atoms with Crippen molar-refractivity contribution in [2.45, 2.75) is 38.6 Å². The molecular weight excluding hydrogens is 346 g/mol. The van der Waals surface area contributed by atoms with Crippen LogP contribution < -0.4 is 5.32 Å². The fraction of sp³-hybridized carbons (Fsp3) is 0.550. The number of benzene rings is 1. The largest absolute Gasteiger partial charge is 0.478 e. The fourth-order valence-corrected chi connectivity index (χ4v) is 3.79. The number of rotatable bonds is 4. The summed E-state index contributed by atoms with van der Waals surface area (Å²) in [6.07, 6.45) is 5.52. The third-order valence-electron chi connectivity index (χ3n) is 5.48. The van der Waals surface area contributed by atoms with Crippen LogP contribution in [0.15, 0.2) is 24.3 Å². The second-order valence-corrected chi connectivity index (χ2v) is 7.31. The number of hydrogen-bond acceptors (Lipinski definition) is 3. The van der Waals surface area contributed by atoms with Gasteiger partial charge in [0.15, 0.2) is 0 Å². The summed E-state index contributed by atoms with van der Waals surface area (Å²) in [6.45, 7) is 2.62. The highest BCUT2D eigenvalue weighted by Crippen LogP contribution is 2.25. The normalized spacial score (nSPS) is 18.2. The Kier molecular flexibility index (Phi) is 6.32. The standard InChI is InChI=1S/C20H27N3O4/c24-18(16-4-2-1-3-5-16)22-10-12-23(13-11-22)20(27)21-14-15-6-8-17(9-7-15)19(25)26/h6-9,16H,1-5,10-14H2,(H,21,27)(H,25,26). The van der Waals surface area contributed by atoms with E-state index in [-0.39, 0.29) is 23.4 Å². The summed E-state index contributed by atoms with van der Waals surface area (Å²) in [5, 5.41) is 11.8. The molecule has 2 fully saturated rings. The molecule has 1 aromatic rings. The van der Waals surface area contributed by atoms with E-state index in [0.717, 1.165) is 31.2 Å². The van der Waals surface area contributed by atoms with E-state index in [1.54, 1.807) is 17.0 Å². The van der Waals surface area contributed by atoms with Crippen molar-refractivity contribution in [1.29, 1.82) is 0 Å². The van der Waals surface area contributed by atoms with E-state index >= 15 is 0 Å². The minimum atomic E-state index is -0.966. The fourth-order valence-electron chi connectivity index (χ4n) is 3.79. The van der Waals surface area contributed by atoms with Crippen molar-refractivity contribution >= 4 is 17.9 Å². The van der Waals surface area contributed by atoms with Gasteiger partial charge in [-0.3, -0.25) is 4.79 Å². The van der Waals surface area contributed by atoms with Crippen molar-refractivity contribution in [3.63, 3.8) is 0 Å². The number of aromatic carboxylic acids is 1. The van der Waals surface area contributed by atoms with Gasteiger partial charge in [0.1, 0.15) is 0 Å². The molecule has 2 N–H and O–H groups in total. The molecule has 0 bridgehead atoms. The van der Waals surface area contributed by atoms with Gasteiger partial charge < -0.3 is 20.2 Å². The highest BCUT2D eigenvalue weighted by Gasteiger charge is 2.29. The number of piperazine rings is 1. The molecule has 3 rings (SSSR count). The first-order valence-corrected chi connectivity index (χ1v) is 9.68. The smallest absolute Gasteiger partial charge is 0.335 e. The molecule has 0 spiro atoms. The molecule has 27 heavy (non-hydrogen) atoms. The summed E-state index contributed by atoms with van der Waals surface area (Å²) in [5.74, 6) is -0.535. The van der Waals surface area contributed by atoms with E-state index in [2.05, 4.69) is 5.32 Å². The van der Waals surface area contributed by atoms with E-state index in [1.165, 1.54) is 18.6 Å². The lowest BCUT2D eigenvalue weighted by molar-refractivity contribution is -0.138. The van der Waals surface area contributed by atoms with Gasteiger partial charge in [0, 0.05) is 38.6 Å². The Morgan fingerprint density at radius 3 is 2.11 bits per heavy atom. The molecule has 146 valence electrons. The van der Waals surface area contributed by atoms with E-state index in [1.807, 2.05) is 4.90 Å². The zero-order valence-corrected chi connectivity index (χ0v) is 15.5. The maximum atomic E-state index is 12.6. The van der Waals surface area contributed by atoms with E-state index in [0.29, 0.717) is 32.7 Å². The summed E-state index contributed by atoms with van der Waals surface area (Å²) >= 11 is 0. The maximum Gasteiger partial charge on any atom is 0.335 e. The minimum absolute atomic E-state index is 0.151. The molecule has 0 atom stereocenters. The number of nitrogens with one attached hydrogen (secondary N) is 1. The molecule has 1 saturated heterocycles. The molecule has 1 aliphatic heterocycles. The highest BCUT2D eigenvalue weighted by molar-refractivity contribution is 5.87. The Hall–Kier alpha value is -2.57. The van der Waals surface area contributed by atoms with Gasteiger partial charge in [0.25, 0.3) is 0 Å². The number of nitrogens with zero attached hydrogens (tertiary/aromatic N) is 2. The number of hydrogen-bond donors (Lipinski definition) is 2. The quantitative estimate of drug-likeness (QED) is 0.847. The van der Waals surface area contributed by atoms with Gasteiger partial charge in [-0.05, 0) is 30.5 Å². The summed E-state index contributed by atoms with van der Waals surface area (Å²) in [6, 6.07) is 6.30. The highest BCUT2D eigenvalue weighted by atomic mass is 16.4. The first-order valence-electron chi connectivity index (χ1n) is 9.68. The number of carbonyl (C=O) groups excluding carboxylic acids is 2. The van der Waals surface area contributed by atoms with Crippen molar-refractivity contribution in [2.75, 3.05) is 26.2 Å². The molecule has 7 heteroatoms. The molecule has 2 aliphatic rings. The summed E-state index contributed by atoms with van der Waals surface area (Å²) in [7, 11) is 0. The van der Waals surface area contributed by atoms with Crippen molar-refractivity contribution in [3.05, 3.63) is 35.4 Å². The van der Waals surface area contributed by atoms with Crippen LogP contribution in [0, 0.1) is 5.92 Å². The van der Waals surface area contributed by atoms with Crippen LogP contribution in [-0.4, -0.2) is 59.0 Å². The van der Waals surface area contributed by atoms with Crippen LogP contribution in [0.25, 0.3) is 0 Å². The molecule has 3 amide bonds. The number of carboxylic acid groups (broad SMARTS) is 1. The van der Waals surface area contributed by atoms with Crippen molar-refractivity contribution in [2.24, 2.45) is 5.92 Å². The first kappa shape index (κ1) is 19.2. The Morgan fingerprint density at radius 1 is 0.926 bits per heavy atom. The molecule has 1 aromatic carbocycles. The molecule has 1 heterocycles. The van der Waals surface area contributed by atoms with Gasteiger partial charge in [-0.2, -0.15) is 0 Å². The van der Waals surface area contributed by atoms with Crippen LogP contribution in [0.1, 0.15) is 48.0 Å². The van der Waals surface area contributed by atoms with Crippen molar-refractivity contribution < 1.29 is 19.5 Å².